The number of carbonyl (C=O) groups excluding carboxylic acids is 1. The summed E-state index contributed by atoms with van der Waals surface area (Å²) in [5, 5.41) is 9.36. The third-order valence-electron chi connectivity index (χ3n) is 5.20. The number of aliphatic hydroxyl groups excluding tert-OH is 1. The maximum absolute atomic E-state index is 12.6. The van der Waals surface area contributed by atoms with E-state index in [4.69, 9.17) is 0 Å². The monoisotopic (exact) mass is 341 g/mol. The number of aryl methyl sites for hydroxylation is 2. The van der Waals surface area contributed by atoms with Gasteiger partial charge in [-0.25, -0.2) is 0 Å². The van der Waals surface area contributed by atoms with Crippen LogP contribution in [0.2, 0.25) is 0 Å². The smallest absolute Gasteiger partial charge is 0.383 e. The molecule has 1 heterocycles. The second-order valence-corrected chi connectivity index (χ2v) is 6.81. The van der Waals surface area contributed by atoms with Gasteiger partial charge in [-0.05, 0) is 67.7 Å². The normalized spacial score (nSPS) is 20.6. The largest absolute Gasteiger partial charge is 0.414 e. The fourth-order valence-electron chi connectivity index (χ4n) is 3.73. The number of hydrogen-bond acceptors (Lipinski definition) is 2. The minimum absolute atomic E-state index is 0.122. The van der Waals surface area contributed by atoms with Crippen molar-refractivity contribution in [3.8, 4) is 0 Å². The van der Waals surface area contributed by atoms with Crippen LogP contribution in [0.4, 0.5) is 13.2 Å². The lowest BCUT2D eigenvalue weighted by Gasteiger charge is -2.35. The molecule has 1 aliphatic carbocycles. The van der Waals surface area contributed by atoms with Crippen LogP contribution in [0.15, 0.2) is 18.2 Å². The average Bonchev–Trinajstić information content (AvgIpc) is 2.59. The summed E-state index contributed by atoms with van der Waals surface area (Å²) in [4.78, 5) is 14.2. The van der Waals surface area contributed by atoms with E-state index in [1.54, 1.807) is 4.90 Å². The highest BCUT2D eigenvalue weighted by Gasteiger charge is 2.44. The summed E-state index contributed by atoms with van der Waals surface area (Å²) in [7, 11) is 0. The van der Waals surface area contributed by atoms with E-state index in [2.05, 4.69) is 0 Å². The van der Waals surface area contributed by atoms with Crippen LogP contribution in [0, 0.1) is 5.92 Å². The Labute approximate surface area is 139 Å². The molecule has 1 fully saturated rings. The first-order chi connectivity index (χ1) is 11.4. The molecule has 3 rings (SSSR count). The number of alkyl halides is 3. The molecule has 0 spiro atoms. The average molecular weight is 341 g/mol. The van der Waals surface area contributed by atoms with Crippen LogP contribution in [-0.4, -0.2) is 41.3 Å². The summed E-state index contributed by atoms with van der Waals surface area (Å²) in [6, 6.07) is 5.76. The molecule has 1 atom stereocenters. The summed E-state index contributed by atoms with van der Waals surface area (Å²) in [5.41, 5.74) is 3.13. The molecule has 1 N–H and O–H groups in total. The van der Waals surface area contributed by atoms with Gasteiger partial charge in [0.15, 0.2) is 6.10 Å². The highest BCUT2D eigenvalue weighted by molar-refractivity contribution is 5.94. The van der Waals surface area contributed by atoms with Gasteiger partial charge in [0.25, 0.3) is 5.91 Å². The van der Waals surface area contributed by atoms with Gasteiger partial charge in [0.05, 0.1) is 0 Å². The molecule has 0 aromatic heterocycles. The molecule has 0 bridgehead atoms. The topological polar surface area (TPSA) is 40.5 Å². The van der Waals surface area contributed by atoms with E-state index in [-0.39, 0.29) is 31.8 Å². The lowest BCUT2D eigenvalue weighted by Crippen LogP contribution is -2.45. The lowest BCUT2D eigenvalue weighted by molar-refractivity contribution is -0.222. The summed E-state index contributed by atoms with van der Waals surface area (Å²) in [6.07, 6.45) is -2.19. The van der Waals surface area contributed by atoms with Crippen molar-refractivity contribution < 1.29 is 23.1 Å². The van der Waals surface area contributed by atoms with Gasteiger partial charge in [-0.2, -0.15) is 13.2 Å². The number of benzene rings is 1. The summed E-state index contributed by atoms with van der Waals surface area (Å²) in [5.74, 6) is -0.944. The number of aliphatic hydroxyl groups is 1. The number of halogens is 3. The van der Waals surface area contributed by atoms with Gasteiger partial charge in [-0.3, -0.25) is 4.79 Å². The molecular weight excluding hydrogens is 319 g/mol. The summed E-state index contributed by atoms with van der Waals surface area (Å²) in [6.45, 7) is 0.515. The lowest BCUT2D eigenvalue weighted by atomic mass is 9.89. The van der Waals surface area contributed by atoms with Crippen molar-refractivity contribution in [1.82, 2.24) is 4.90 Å². The predicted octanol–water partition coefficient (Wildman–Crippen LogP) is 3.34. The number of carbonyl (C=O) groups is 1. The molecule has 1 aliphatic heterocycles. The van der Waals surface area contributed by atoms with Crippen molar-refractivity contribution in [2.45, 2.75) is 50.8 Å². The molecule has 6 heteroatoms. The summed E-state index contributed by atoms with van der Waals surface area (Å²) >= 11 is 0. The van der Waals surface area contributed by atoms with E-state index in [0.717, 1.165) is 19.3 Å². The Hall–Kier alpha value is -1.56. The van der Waals surface area contributed by atoms with Crippen LogP contribution >= 0.6 is 0 Å². The quantitative estimate of drug-likeness (QED) is 0.896. The second kappa shape index (κ2) is 6.75. The Morgan fingerprint density at radius 3 is 2.38 bits per heavy atom. The number of amides is 1. The molecule has 3 nitrogen and oxygen atoms in total. The van der Waals surface area contributed by atoms with Crippen LogP contribution in [0.5, 0.6) is 0 Å². The third-order valence-corrected chi connectivity index (χ3v) is 5.20. The number of rotatable bonds is 2. The highest BCUT2D eigenvalue weighted by atomic mass is 19.4. The molecule has 1 amide bonds. The number of likely N-dealkylation sites (tertiary alicyclic amines) is 1. The fourth-order valence-corrected chi connectivity index (χ4v) is 3.73. The Morgan fingerprint density at radius 1 is 1.12 bits per heavy atom. The van der Waals surface area contributed by atoms with E-state index in [1.807, 2.05) is 18.2 Å². The molecule has 1 saturated heterocycles. The van der Waals surface area contributed by atoms with E-state index < -0.39 is 18.2 Å². The Balaban J connectivity index is 1.63. The Bertz CT molecular complexity index is 607. The zero-order valence-electron chi connectivity index (χ0n) is 13.5. The Morgan fingerprint density at radius 2 is 1.75 bits per heavy atom. The third kappa shape index (κ3) is 3.58. The van der Waals surface area contributed by atoms with Gasteiger partial charge >= 0.3 is 6.18 Å². The van der Waals surface area contributed by atoms with Crippen molar-refractivity contribution in [1.29, 1.82) is 0 Å². The standard InChI is InChI=1S/C18H22F3NO2/c19-18(20,21)16(23)13-7-9-22(10-8-13)17(24)15-6-5-12-3-1-2-4-14(12)11-15/h5-6,11,13,16,23H,1-4,7-10H2. The molecule has 0 radical (unpaired) electrons. The summed E-state index contributed by atoms with van der Waals surface area (Å²) < 4.78 is 37.8. The van der Waals surface area contributed by atoms with Crippen molar-refractivity contribution in [2.75, 3.05) is 13.1 Å². The maximum Gasteiger partial charge on any atom is 0.414 e. The molecule has 132 valence electrons. The van der Waals surface area contributed by atoms with Gasteiger partial charge in [-0.1, -0.05) is 6.07 Å². The first kappa shape index (κ1) is 17.3. The van der Waals surface area contributed by atoms with Gasteiger partial charge < -0.3 is 10.0 Å². The fraction of sp³-hybridized carbons (Fsp3) is 0.611. The molecule has 1 aromatic rings. The van der Waals surface area contributed by atoms with E-state index in [0.29, 0.717) is 5.56 Å². The zero-order valence-corrected chi connectivity index (χ0v) is 13.5. The van der Waals surface area contributed by atoms with Crippen molar-refractivity contribution >= 4 is 5.91 Å². The molecular formula is C18H22F3NO2. The second-order valence-electron chi connectivity index (χ2n) is 6.81. The van der Waals surface area contributed by atoms with Crippen LogP contribution in [-0.2, 0) is 12.8 Å². The predicted molar refractivity (Wildman–Crippen MR) is 83.8 cm³/mol. The maximum atomic E-state index is 12.6. The first-order valence-corrected chi connectivity index (χ1v) is 8.52. The van der Waals surface area contributed by atoms with Crippen LogP contribution < -0.4 is 0 Å². The SMILES string of the molecule is O=C(c1ccc2c(c1)CCCC2)N1CCC(C(O)C(F)(F)F)CC1. The number of nitrogens with zero attached hydrogens (tertiary/aromatic N) is 1. The van der Waals surface area contributed by atoms with Crippen molar-refractivity contribution in [2.24, 2.45) is 5.92 Å². The first-order valence-electron chi connectivity index (χ1n) is 8.52. The minimum atomic E-state index is -4.59. The molecule has 1 aromatic carbocycles. The van der Waals surface area contributed by atoms with Crippen LogP contribution in [0.3, 0.4) is 0 Å². The number of piperidine rings is 1. The van der Waals surface area contributed by atoms with E-state index >= 15 is 0 Å². The van der Waals surface area contributed by atoms with Gasteiger partial charge in [0.2, 0.25) is 0 Å². The van der Waals surface area contributed by atoms with Crippen LogP contribution in [0.1, 0.15) is 47.2 Å². The van der Waals surface area contributed by atoms with E-state index in [9.17, 15) is 23.1 Å². The molecule has 2 aliphatic rings. The van der Waals surface area contributed by atoms with Crippen molar-refractivity contribution in [3.63, 3.8) is 0 Å². The van der Waals surface area contributed by atoms with Crippen molar-refractivity contribution in [3.05, 3.63) is 34.9 Å². The van der Waals surface area contributed by atoms with E-state index in [1.165, 1.54) is 17.5 Å². The van der Waals surface area contributed by atoms with Gasteiger partial charge in [-0.15, -0.1) is 0 Å². The van der Waals surface area contributed by atoms with Crippen LogP contribution in [0.25, 0.3) is 0 Å². The number of hydrogen-bond donors (Lipinski definition) is 1. The van der Waals surface area contributed by atoms with Gasteiger partial charge in [0, 0.05) is 18.7 Å². The Kier molecular flexibility index (Phi) is 4.85. The van der Waals surface area contributed by atoms with Gasteiger partial charge in [0.1, 0.15) is 0 Å². The zero-order chi connectivity index (χ0) is 17.3. The minimum Gasteiger partial charge on any atom is -0.383 e. The highest BCUT2D eigenvalue weighted by Crippen LogP contribution is 2.32. The number of fused-ring (bicyclic) bond motifs is 1. The molecule has 0 saturated carbocycles. The molecule has 1 unspecified atom stereocenters. The molecule has 24 heavy (non-hydrogen) atoms.